The molecule has 1 aromatic rings. The summed E-state index contributed by atoms with van der Waals surface area (Å²) in [4.78, 5) is 10.6. The number of aldehydes is 1. The maximum Gasteiger partial charge on any atom is 0.161 e. The quantitative estimate of drug-likeness (QED) is 0.430. The topological polar surface area (TPSA) is 35.5 Å². The highest BCUT2D eigenvalue weighted by molar-refractivity contribution is 5.76. The Kier molecular flexibility index (Phi) is 5.27. The average Bonchev–Trinajstić information content (AvgIpc) is 2.34. The molecule has 1 rings (SSSR count). The molecule has 0 N–H and O–H groups in total. The van der Waals surface area contributed by atoms with Crippen LogP contribution in [0.15, 0.2) is 29.8 Å². The van der Waals surface area contributed by atoms with Crippen molar-refractivity contribution in [2.45, 2.75) is 20.3 Å². The molecular weight excluding hydrogens is 216 g/mol. The van der Waals surface area contributed by atoms with Crippen molar-refractivity contribution in [3.05, 3.63) is 35.4 Å². The molecule has 0 aliphatic carbocycles. The predicted molar refractivity (Wildman–Crippen MR) is 67.9 cm³/mol. The van der Waals surface area contributed by atoms with Crippen LogP contribution < -0.4 is 9.47 Å². The van der Waals surface area contributed by atoms with E-state index in [9.17, 15) is 4.79 Å². The zero-order valence-corrected chi connectivity index (χ0v) is 10.5. The van der Waals surface area contributed by atoms with Crippen LogP contribution in [0.5, 0.6) is 11.5 Å². The lowest BCUT2D eigenvalue weighted by Gasteiger charge is -2.10. The van der Waals surface area contributed by atoms with Gasteiger partial charge in [-0.15, -0.1) is 0 Å². The van der Waals surface area contributed by atoms with Crippen LogP contribution in [0.2, 0.25) is 0 Å². The van der Waals surface area contributed by atoms with E-state index < -0.39 is 0 Å². The SMILES string of the molecule is COc1cc(C=O)ccc1OCCC=C(C)C. The zero-order valence-electron chi connectivity index (χ0n) is 10.5. The Morgan fingerprint density at radius 2 is 2.06 bits per heavy atom. The van der Waals surface area contributed by atoms with Gasteiger partial charge in [0.25, 0.3) is 0 Å². The third-order valence-corrected chi connectivity index (χ3v) is 2.25. The van der Waals surface area contributed by atoms with Crippen LogP contribution in [0.1, 0.15) is 30.6 Å². The van der Waals surface area contributed by atoms with Crippen LogP contribution in [-0.2, 0) is 0 Å². The van der Waals surface area contributed by atoms with E-state index in [2.05, 4.69) is 19.9 Å². The number of methoxy groups -OCH3 is 1. The number of rotatable bonds is 6. The normalized spacial score (nSPS) is 9.59. The molecule has 3 heteroatoms. The lowest BCUT2D eigenvalue weighted by Crippen LogP contribution is -1.99. The molecular formula is C14H18O3. The summed E-state index contributed by atoms with van der Waals surface area (Å²) in [7, 11) is 1.56. The van der Waals surface area contributed by atoms with Gasteiger partial charge in [-0.3, -0.25) is 4.79 Å². The van der Waals surface area contributed by atoms with Gasteiger partial charge in [0.05, 0.1) is 13.7 Å². The summed E-state index contributed by atoms with van der Waals surface area (Å²) in [5.41, 5.74) is 1.86. The van der Waals surface area contributed by atoms with E-state index in [0.717, 1.165) is 12.7 Å². The number of hydrogen-bond donors (Lipinski definition) is 0. The molecule has 17 heavy (non-hydrogen) atoms. The molecule has 0 atom stereocenters. The Morgan fingerprint density at radius 3 is 2.65 bits per heavy atom. The van der Waals surface area contributed by atoms with Crippen LogP contribution in [0, 0.1) is 0 Å². The number of benzene rings is 1. The van der Waals surface area contributed by atoms with Gasteiger partial charge in [-0.1, -0.05) is 11.6 Å². The van der Waals surface area contributed by atoms with Gasteiger partial charge in [0, 0.05) is 5.56 Å². The number of hydrogen-bond acceptors (Lipinski definition) is 3. The minimum atomic E-state index is 0.582. The molecule has 0 radical (unpaired) electrons. The van der Waals surface area contributed by atoms with Gasteiger partial charge in [-0.05, 0) is 38.5 Å². The molecule has 1 aromatic carbocycles. The molecule has 0 saturated carbocycles. The van der Waals surface area contributed by atoms with Crippen LogP contribution in [0.4, 0.5) is 0 Å². The highest BCUT2D eigenvalue weighted by atomic mass is 16.5. The molecule has 0 aromatic heterocycles. The summed E-state index contributed by atoms with van der Waals surface area (Å²) in [5, 5.41) is 0. The van der Waals surface area contributed by atoms with Gasteiger partial charge in [-0.25, -0.2) is 0 Å². The summed E-state index contributed by atoms with van der Waals surface area (Å²) in [6, 6.07) is 5.14. The van der Waals surface area contributed by atoms with Crippen molar-refractivity contribution in [3.8, 4) is 11.5 Å². The number of carbonyl (C=O) groups is 1. The van der Waals surface area contributed by atoms with Crippen LogP contribution in [0.3, 0.4) is 0 Å². The largest absolute Gasteiger partial charge is 0.493 e. The summed E-state index contributed by atoms with van der Waals surface area (Å²) in [5.74, 6) is 1.26. The Labute approximate surface area is 102 Å². The van der Waals surface area contributed by atoms with Gasteiger partial charge < -0.3 is 9.47 Å². The summed E-state index contributed by atoms with van der Waals surface area (Å²) >= 11 is 0. The standard InChI is InChI=1S/C14H18O3/c1-11(2)5-4-8-17-13-7-6-12(10-15)9-14(13)16-3/h5-7,9-10H,4,8H2,1-3H3. The molecule has 0 fully saturated rings. The third kappa shape index (κ3) is 4.31. The summed E-state index contributed by atoms with van der Waals surface area (Å²) in [6.07, 6.45) is 3.77. The van der Waals surface area contributed by atoms with E-state index in [-0.39, 0.29) is 0 Å². The molecule has 0 unspecified atom stereocenters. The van der Waals surface area contributed by atoms with E-state index >= 15 is 0 Å². The number of ether oxygens (including phenoxy) is 2. The first-order valence-electron chi connectivity index (χ1n) is 5.56. The number of allylic oxidation sites excluding steroid dienone is 1. The first-order chi connectivity index (χ1) is 8.17. The highest BCUT2D eigenvalue weighted by Gasteiger charge is 2.04. The van der Waals surface area contributed by atoms with Crippen molar-refractivity contribution in [1.82, 2.24) is 0 Å². The minimum absolute atomic E-state index is 0.582. The smallest absolute Gasteiger partial charge is 0.161 e. The third-order valence-electron chi connectivity index (χ3n) is 2.25. The van der Waals surface area contributed by atoms with Crippen molar-refractivity contribution in [1.29, 1.82) is 0 Å². The molecule has 0 spiro atoms. The molecule has 0 aliphatic rings. The highest BCUT2D eigenvalue weighted by Crippen LogP contribution is 2.27. The number of carbonyl (C=O) groups excluding carboxylic acids is 1. The van der Waals surface area contributed by atoms with Gasteiger partial charge in [-0.2, -0.15) is 0 Å². The molecule has 0 amide bonds. The van der Waals surface area contributed by atoms with Crippen LogP contribution in [-0.4, -0.2) is 20.0 Å². The van der Waals surface area contributed by atoms with Crippen molar-refractivity contribution in [2.24, 2.45) is 0 Å². The first kappa shape index (κ1) is 13.3. The van der Waals surface area contributed by atoms with Gasteiger partial charge in [0.2, 0.25) is 0 Å². The van der Waals surface area contributed by atoms with Crippen LogP contribution in [0.25, 0.3) is 0 Å². The van der Waals surface area contributed by atoms with Gasteiger partial charge >= 0.3 is 0 Å². The predicted octanol–water partition coefficient (Wildman–Crippen LogP) is 3.24. The van der Waals surface area contributed by atoms with Crippen molar-refractivity contribution < 1.29 is 14.3 Å². The molecule has 92 valence electrons. The van der Waals surface area contributed by atoms with Crippen molar-refractivity contribution in [2.75, 3.05) is 13.7 Å². The van der Waals surface area contributed by atoms with E-state index in [4.69, 9.17) is 9.47 Å². The Morgan fingerprint density at radius 1 is 1.29 bits per heavy atom. The first-order valence-corrected chi connectivity index (χ1v) is 5.56. The molecule has 0 saturated heterocycles. The Balaban J connectivity index is 2.64. The fourth-order valence-corrected chi connectivity index (χ4v) is 1.39. The maximum absolute atomic E-state index is 10.6. The Hall–Kier alpha value is -1.77. The second kappa shape index (κ2) is 6.74. The van der Waals surface area contributed by atoms with E-state index in [1.54, 1.807) is 25.3 Å². The average molecular weight is 234 g/mol. The van der Waals surface area contributed by atoms with Crippen molar-refractivity contribution >= 4 is 6.29 Å². The second-order valence-corrected chi connectivity index (χ2v) is 3.95. The molecule has 3 nitrogen and oxygen atoms in total. The Bertz CT molecular complexity index is 404. The van der Waals surface area contributed by atoms with E-state index in [1.807, 2.05) is 0 Å². The molecule has 0 heterocycles. The zero-order chi connectivity index (χ0) is 12.7. The second-order valence-electron chi connectivity index (χ2n) is 3.95. The summed E-state index contributed by atoms with van der Waals surface area (Å²) in [6.45, 7) is 4.71. The van der Waals surface area contributed by atoms with Gasteiger partial charge in [0.15, 0.2) is 11.5 Å². The monoisotopic (exact) mass is 234 g/mol. The minimum Gasteiger partial charge on any atom is -0.493 e. The lowest BCUT2D eigenvalue weighted by molar-refractivity contribution is 0.112. The maximum atomic E-state index is 10.6. The molecule has 0 bridgehead atoms. The van der Waals surface area contributed by atoms with E-state index in [1.165, 1.54) is 5.57 Å². The lowest BCUT2D eigenvalue weighted by atomic mass is 10.2. The summed E-state index contributed by atoms with van der Waals surface area (Å²) < 4.78 is 10.8. The molecule has 0 aliphatic heterocycles. The van der Waals surface area contributed by atoms with Crippen LogP contribution >= 0.6 is 0 Å². The van der Waals surface area contributed by atoms with Gasteiger partial charge in [0.1, 0.15) is 6.29 Å². The fourth-order valence-electron chi connectivity index (χ4n) is 1.39. The van der Waals surface area contributed by atoms with Crippen molar-refractivity contribution in [3.63, 3.8) is 0 Å². The fraction of sp³-hybridized carbons (Fsp3) is 0.357. The van der Waals surface area contributed by atoms with E-state index in [0.29, 0.717) is 23.7 Å².